The number of rotatable bonds is 6. The van der Waals surface area contributed by atoms with E-state index in [2.05, 4.69) is 20.8 Å². The van der Waals surface area contributed by atoms with Gasteiger partial charge in [0.05, 0.1) is 0 Å². The van der Waals surface area contributed by atoms with Gasteiger partial charge in [-0.2, -0.15) is 0 Å². The molecule has 1 rings (SSSR count). The van der Waals surface area contributed by atoms with Crippen molar-refractivity contribution in [1.82, 2.24) is 0 Å². The van der Waals surface area contributed by atoms with Crippen LogP contribution >= 0.6 is 0 Å². The van der Waals surface area contributed by atoms with Crippen LogP contribution in [0.15, 0.2) is 0 Å². The molecule has 0 bridgehead atoms. The molecule has 0 spiro atoms. The highest BCUT2D eigenvalue weighted by Gasteiger charge is 2.22. The van der Waals surface area contributed by atoms with E-state index < -0.39 is 0 Å². The molecule has 0 amide bonds. The average Bonchev–Trinajstić information content (AvgIpc) is 2.68. The zero-order valence-electron chi connectivity index (χ0n) is 10.4. The summed E-state index contributed by atoms with van der Waals surface area (Å²) >= 11 is 0. The largest absolute Gasteiger partial charge is 0.0654 e. The Balaban J connectivity index is 2.33. The van der Waals surface area contributed by atoms with E-state index in [4.69, 9.17) is 0 Å². The van der Waals surface area contributed by atoms with Crippen molar-refractivity contribution in [3.8, 4) is 0 Å². The van der Waals surface area contributed by atoms with E-state index in [-0.39, 0.29) is 0 Å². The summed E-state index contributed by atoms with van der Waals surface area (Å²) in [5.74, 6) is 3.06. The molecule has 0 nitrogen and oxygen atoms in total. The molecule has 1 fully saturated rings. The first-order valence-corrected chi connectivity index (χ1v) is 6.77. The van der Waals surface area contributed by atoms with E-state index in [1.54, 1.807) is 0 Å². The molecule has 0 aliphatic heterocycles. The van der Waals surface area contributed by atoms with Crippen LogP contribution in [0.5, 0.6) is 0 Å². The van der Waals surface area contributed by atoms with Gasteiger partial charge in [-0.3, -0.25) is 0 Å². The van der Waals surface area contributed by atoms with Crippen LogP contribution < -0.4 is 0 Å². The van der Waals surface area contributed by atoms with Crippen molar-refractivity contribution in [2.24, 2.45) is 17.8 Å². The van der Waals surface area contributed by atoms with Gasteiger partial charge >= 0.3 is 0 Å². The maximum Gasteiger partial charge on any atom is -0.0386 e. The quantitative estimate of drug-likeness (QED) is 0.559. The average molecular weight is 196 g/mol. The Kier molecular flexibility index (Phi) is 5.59. The summed E-state index contributed by atoms with van der Waals surface area (Å²) in [5.41, 5.74) is 0. The normalized spacial score (nSPS) is 22.5. The molecular formula is C14H28. The minimum atomic E-state index is 0.954. The lowest BCUT2D eigenvalue weighted by Gasteiger charge is -2.25. The van der Waals surface area contributed by atoms with Crippen LogP contribution in [0.3, 0.4) is 0 Å². The fourth-order valence-corrected chi connectivity index (χ4v) is 3.01. The second-order valence-corrected chi connectivity index (χ2v) is 5.32. The van der Waals surface area contributed by atoms with E-state index in [9.17, 15) is 0 Å². The van der Waals surface area contributed by atoms with Crippen LogP contribution in [0, 0.1) is 17.8 Å². The molecule has 14 heavy (non-hydrogen) atoms. The minimum absolute atomic E-state index is 0.954. The van der Waals surface area contributed by atoms with Crippen LogP contribution in [0.2, 0.25) is 0 Å². The van der Waals surface area contributed by atoms with Gasteiger partial charge in [-0.05, 0) is 24.2 Å². The highest BCUT2D eigenvalue weighted by molar-refractivity contribution is 4.74. The first kappa shape index (κ1) is 12.1. The molecule has 2 unspecified atom stereocenters. The highest BCUT2D eigenvalue weighted by atomic mass is 14.3. The Hall–Kier alpha value is 0. The van der Waals surface area contributed by atoms with E-state index in [0.717, 1.165) is 17.8 Å². The van der Waals surface area contributed by atoms with Crippen molar-refractivity contribution in [3.63, 3.8) is 0 Å². The van der Waals surface area contributed by atoms with Gasteiger partial charge < -0.3 is 0 Å². The third-order valence-electron chi connectivity index (χ3n) is 4.22. The molecule has 1 aliphatic rings. The van der Waals surface area contributed by atoms with Gasteiger partial charge in [0.15, 0.2) is 0 Å². The Morgan fingerprint density at radius 1 is 1.14 bits per heavy atom. The zero-order chi connectivity index (χ0) is 10.4. The Bertz CT molecular complexity index is 133. The van der Waals surface area contributed by atoms with E-state index in [0.29, 0.717) is 0 Å². The summed E-state index contributed by atoms with van der Waals surface area (Å²) in [6.45, 7) is 7.14. The van der Waals surface area contributed by atoms with Gasteiger partial charge in [-0.1, -0.05) is 65.7 Å². The van der Waals surface area contributed by atoms with Gasteiger partial charge in [0.1, 0.15) is 0 Å². The topological polar surface area (TPSA) is 0 Å². The van der Waals surface area contributed by atoms with Gasteiger partial charge in [0.25, 0.3) is 0 Å². The van der Waals surface area contributed by atoms with Crippen LogP contribution in [0.1, 0.15) is 72.1 Å². The molecular weight excluding hydrogens is 168 g/mol. The van der Waals surface area contributed by atoms with Crippen LogP contribution in [-0.4, -0.2) is 0 Å². The molecule has 0 heteroatoms. The Morgan fingerprint density at radius 2 is 1.79 bits per heavy atom. The number of hydrogen-bond donors (Lipinski definition) is 0. The second kappa shape index (κ2) is 6.48. The number of hydrogen-bond acceptors (Lipinski definition) is 0. The monoisotopic (exact) mass is 196 g/mol. The van der Waals surface area contributed by atoms with Gasteiger partial charge in [-0.15, -0.1) is 0 Å². The van der Waals surface area contributed by atoms with Crippen molar-refractivity contribution in [2.75, 3.05) is 0 Å². The molecule has 0 saturated heterocycles. The summed E-state index contributed by atoms with van der Waals surface area (Å²) in [6, 6.07) is 0. The summed E-state index contributed by atoms with van der Waals surface area (Å²) in [4.78, 5) is 0. The smallest absolute Gasteiger partial charge is 0.0386 e. The lowest BCUT2D eigenvalue weighted by molar-refractivity contribution is 0.259. The van der Waals surface area contributed by atoms with Crippen molar-refractivity contribution in [1.29, 1.82) is 0 Å². The lowest BCUT2D eigenvalue weighted by Crippen LogP contribution is -2.14. The van der Waals surface area contributed by atoms with Gasteiger partial charge in [0, 0.05) is 0 Å². The molecule has 0 heterocycles. The zero-order valence-corrected chi connectivity index (χ0v) is 10.4. The molecule has 0 aromatic rings. The van der Waals surface area contributed by atoms with Crippen molar-refractivity contribution >= 4 is 0 Å². The predicted molar refractivity (Wildman–Crippen MR) is 64.4 cm³/mol. The van der Waals surface area contributed by atoms with Crippen molar-refractivity contribution in [2.45, 2.75) is 72.1 Å². The standard InChI is InChI=1S/C14H28/c1-4-8-14(12(3)5-2)11-13-9-6-7-10-13/h12-14H,4-11H2,1-3H3. The fraction of sp³-hybridized carbons (Fsp3) is 1.00. The summed E-state index contributed by atoms with van der Waals surface area (Å²) in [7, 11) is 0. The maximum absolute atomic E-state index is 2.45. The molecule has 0 N–H and O–H groups in total. The molecule has 1 aliphatic carbocycles. The first-order chi connectivity index (χ1) is 6.77. The van der Waals surface area contributed by atoms with E-state index >= 15 is 0 Å². The van der Waals surface area contributed by atoms with E-state index in [1.807, 2.05) is 0 Å². The lowest BCUT2D eigenvalue weighted by atomic mass is 9.81. The van der Waals surface area contributed by atoms with Gasteiger partial charge in [-0.25, -0.2) is 0 Å². The second-order valence-electron chi connectivity index (χ2n) is 5.32. The summed E-state index contributed by atoms with van der Waals surface area (Å²) in [5, 5.41) is 0. The maximum atomic E-state index is 2.45. The predicted octanol–water partition coefficient (Wildman–Crippen LogP) is 5.03. The van der Waals surface area contributed by atoms with Crippen molar-refractivity contribution in [3.05, 3.63) is 0 Å². The molecule has 84 valence electrons. The third kappa shape index (κ3) is 3.63. The molecule has 0 aromatic heterocycles. The SMILES string of the molecule is CCCC(CC1CCCC1)C(C)CC. The third-order valence-corrected chi connectivity index (χ3v) is 4.22. The summed E-state index contributed by atoms with van der Waals surface area (Å²) in [6.07, 6.45) is 11.8. The van der Waals surface area contributed by atoms with Crippen LogP contribution in [0.25, 0.3) is 0 Å². The van der Waals surface area contributed by atoms with Crippen LogP contribution in [0.4, 0.5) is 0 Å². The summed E-state index contributed by atoms with van der Waals surface area (Å²) < 4.78 is 0. The Morgan fingerprint density at radius 3 is 2.29 bits per heavy atom. The van der Waals surface area contributed by atoms with Crippen molar-refractivity contribution < 1.29 is 0 Å². The Labute approximate surface area is 90.5 Å². The molecule has 0 radical (unpaired) electrons. The molecule has 1 saturated carbocycles. The van der Waals surface area contributed by atoms with Gasteiger partial charge in [0.2, 0.25) is 0 Å². The van der Waals surface area contributed by atoms with E-state index in [1.165, 1.54) is 51.4 Å². The molecule has 0 aromatic carbocycles. The fourth-order valence-electron chi connectivity index (χ4n) is 3.01. The molecule has 2 atom stereocenters. The highest BCUT2D eigenvalue weighted by Crippen LogP contribution is 2.35. The minimum Gasteiger partial charge on any atom is -0.0654 e. The first-order valence-electron chi connectivity index (χ1n) is 6.77. The van der Waals surface area contributed by atoms with Crippen LogP contribution in [-0.2, 0) is 0 Å².